The zero-order chi connectivity index (χ0) is 26.3. The van der Waals surface area contributed by atoms with Crippen molar-refractivity contribution in [2.45, 2.75) is 13.0 Å². The van der Waals surface area contributed by atoms with E-state index in [1.807, 2.05) is 47.4 Å². The van der Waals surface area contributed by atoms with E-state index in [-0.39, 0.29) is 11.9 Å². The second kappa shape index (κ2) is 12.1. The second-order valence-corrected chi connectivity index (χ2v) is 10.7. The number of aromatic nitrogens is 2. The first-order valence-electron chi connectivity index (χ1n) is 12.5. The van der Waals surface area contributed by atoms with Crippen LogP contribution in [0, 0.1) is 0 Å². The van der Waals surface area contributed by atoms with Gasteiger partial charge in [0.2, 0.25) is 0 Å². The summed E-state index contributed by atoms with van der Waals surface area (Å²) in [7, 11) is 0. The molecule has 5 rings (SSSR count). The van der Waals surface area contributed by atoms with Crippen molar-refractivity contribution in [1.82, 2.24) is 20.2 Å². The number of halogens is 1. The number of nitrogens with zero attached hydrogens (tertiary/aromatic N) is 4. The van der Waals surface area contributed by atoms with Gasteiger partial charge in [0.05, 0.1) is 27.8 Å². The second-order valence-electron chi connectivity index (χ2n) is 9.03. The number of H-pyrrole nitrogens is 1. The van der Waals surface area contributed by atoms with E-state index in [2.05, 4.69) is 32.3 Å². The minimum absolute atomic E-state index is 0.0321. The van der Waals surface area contributed by atoms with Crippen LogP contribution in [0.4, 0.5) is 16.2 Å². The summed E-state index contributed by atoms with van der Waals surface area (Å²) in [5.41, 5.74) is 3.88. The van der Waals surface area contributed by atoms with Gasteiger partial charge in [-0.1, -0.05) is 41.9 Å². The van der Waals surface area contributed by atoms with Crippen LogP contribution < -0.4 is 15.1 Å². The Morgan fingerprint density at radius 2 is 1.76 bits per heavy atom. The third-order valence-electron chi connectivity index (χ3n) is 6.54. The van der Waals surface area contributed by atoms with Crippen molar-refractivity contribution in [3.63, 3.8) is 0 Å². The minimum Gasteiger partial charge on any atom is -0.368 e. The molecule has 2 N–H and O–H groups in total. The Morgan fingerprint density at radius 3 is 2.42 bits per heavy atom. The molecule has 1 fully saturated rings. The molecule has 2 aromatic carbocycles. The Morgan fingerprint density at radius 1 is 1.00 bits per heavy atom. The largest absolute Gasteiger partial charge is 0.368 e. The number of carbonyl (C=O) groups is 2. The van der Waals surface area contributed by atoms with Gasteiger partial charge in [0, 0.05) is 50.3 Å². The van der Waals surface area contributed by atoms with Crippen LogP contribution in [0.1, 0.15) is 20.9 Å². The van der Waals surface area contributed by atoms with Crippen LogP contribution >= 0.6 is 22.9 Å². The number of amides is 3. The molecule has 0 bridgehead atoms. The maximum Gasteiger partial charge on any atom is 0.322 e. The molecule has 0 atom stereocenters. The molecular formula is C28H29ClN6O2S. The van der Waals surface area contributed by atoms with E-state index in [0.717, 1.165) is 36.6 Å². The maximum atomic E-state index is 13.2. The van der Waals surface area contributed by atoms with Gasteiger partial charge in [-0.15, -0.1) is 11.3 Å². The number of rotatable bonds is 8. The Balaban J connectivity index is 1.21. The zero-order valence-electron chi connectivity index (χ0n) is 20.8. The highest BCUT2D eigenvalue weighted by Gasteiger charge is 2.24. The molecule has 1 aliphatic heterocycles. The molecule has 1 aliphatic rings. The van der Waals surface area contributed by atoms with Gasteiger partial charge in [-0.05, 0) is 48.4 Å². The SMILES string of the molecule is O=C(c1ccc(Cl)s1)N1CCN(c2ccc(N(Cc3cnc[nH]3)C(=O)NCCc3ccccc3)cc2)CC1. The first-order chi connectivity index (χ1) is 18.6. The molecule has 0 unspecified atom stereocenters. The lowest BCUT2D eigenvalue weighted by atomic mass is 10.1. The highest BCUT2D eigenvalue weighted by molar-refractivity contribution is 7.17. The van der Waals surface area contributed by atoms with Gasteiger partial charge >= 0.3 is 6.03 Å². The van der Waals surface area contributed by atoms with Crippen molar-refractivity contribution < 1.29 is 9.59 Å². The number of thiophene rings is 1. The predicted molar refractivity (Wildman–Crippen MR) is 152 cm³/mol. The van der Waals surface area contributed by atoms with Crippen molar-refractivity contribution >= 4 is 46.3 Å². The Kier molecular flexibility index (Phi) is 8.25. The summed E-state index contributed by atoms with van der Waals surface area (Å²) in [5, 5.41) is 3.05. The van der Waals surface area contributed by atoms with E-state index in [9.17, 15) is 9.59 Å². The van der Waals surface area contributed by atoms with Crippen LogP contribution in [-0.2, 0) is 13.0 Å². The van der Waals surface area contributed by atoms with E-state index in [1.165, 1.54) is 16.9 Å². The number of imidazole rings is 1. The number of benzene rings is 2. The van der Waals surface area contributed by atoms with Crippen molar-refractivity contribution in [1.29, 1.82) is 0 Å². The lowest BCUT2D eigenvalue weighted by molar-refractivity contribution is 0.0751. The van der Waals surface area contributed by atoms with Gasteiger partial charge in [-0.25, -0.2) is 9.78 Å². The zero-order valence-corrected chi connectivity index (χ0v) is 22.4. The van der Waals surface area contributed by atoms with Crippen LogP contribution in [-0.4, -0.2) is 59.5 Å². The number of aromatic amines is 1. The van der Waals surface area contributed by atoms with Crippen LogP contribution in [0.5, 0.6) is 0 Å². The first-order valence-corrected chi connectivity index (χ1v) is 13.7. The van der Waals surface area contributed by atoms with Crippen LogP contribution in [0.15, 0.2) is 79.3 Å². The smallest absolute Gasteiger partial charge is 0.322 e. The summed E-state index contributed by atoms with van der Waals surface area (Å²) >= 11 is 7.31. The van der Waals surface area contributed by atoms with Crippen molar-refractivity contribution in [3.05, 3.63) is 99.7 Å². The molecule has 0 saturated carbocycles. The number of carbonyl (C=O) groups excluding carboxylic acids is 2. The van der Waals surface area contributed by atoms with Crippen molar-refractivity contribution in [2.75, 3.05) is 42.5 Å². The molecule has 38 heavy (non-hydrogen) atoms. The predicted octanol–water partition coefficient (Wildman–Crippen LogP) is 5.05. The first kappa shape index (κ1) is 25.8. The van der Waals surface area contributed by atoms with Crippen LogP contribution in [0.3, 0.4) is 0 Å². The number of urea groups is 1. The summed E-state index contributed by atoms with van der Waals surface area (Å²) in [6.45, 7) is 3.69. The van der Waals surface area contributed by atoms with Gasteiger partial charge in [0.15, 0.2) is 0 Å². The van der Waals surface area contributed by atoms with E-state index in [1.54, 1.807) is 29.6 Å². The van der Waals surface area contributed by atoms with E-state index >= 15 is 0 Å². The van der Waals surface area contributed by atoms with Gasteiger partial charge in [-0.3, -0.25) is 9.69 Å². The van der Waals surface area contributed by atoms with E-state index in [4.69, 9.17) is 11.6 Å². The summed E-state index contributed by atoms with van der Waals surface area (Å²) in [5.74, 6) is 0.0321. The molecule has 2 aromatic heterocycles. The fourth-order valence-electron chi connectivity index (χ4n) is 4.47. The standard InChI is InChI=1S/C28H29ClN6O2S/c29-26-11-10-25(38-26)27(36)34-16-14-33(15-17-34)23-6-8-24(9-7-23)35(19-22-18-30-20-32-22)28(37)31-13-12-21-4-2-1-3-5-21/h1-11,18,20H,12-17,19H2,(H,30,32)(H,31,37). The summed E-state index contributed by atoms with van der Waals surface area (Å²) in [4.78, 5) is 39.6. The normalized spacial score (nSPS) is 13.4. The summed E-state index contributed by atoms with van der Waals surface area (Å²) < 4.78 is 0.624. The number of hydrogen-bond donors (Lipinski definition) is 2. The van der Waals surface area contributed by atoms with Crippen LogP contribution in [0.2, 0.25) is 4.34 Å². The molecule has 0 spiro atoms. The topological polar surface area (TPSA) is 84.6 Å². The van der Waals surface area contributed by atoms with E-state index in [0.29, 0.717) is 35.4 Å². The maximum absolute atomic E-state index is 13.2. The molecule has 4 aromatic rings. The summed E-state index contributed by atoms with van der Waals surface area (Å²) in [6, 6.07) is 21.5. The Bertz CT molecular complexity index is 1340. The molecule has 0 radical (unpaired) electrons. The highest BCUT2D eigenvalue weighted by atomic mass is 35.5. The number of hydrogen-bond acceptors (Lipinski definition) is 5. The molecule has 1 saturated heterocycles. The fraction of sp³-hybridized carbons (Fsp3) is 0.250. The average molecular weight is 549 g/mol. The highest BCUT2D eigenvalue weighted by Crippen LogP contribution is 2.26. The monoisotopic (exact) mass is 548 g/mol. The number of anilines is 2. The Labute approximate surface area is 230 Å². The Hall–Kier alpha value is -3.82. The molecule has 0 aliphatic carbocycles. The third-order valence-corrected chi connectivity index (χ3v) is 7.76. The minimum atomic E-state index is -0.163. The molecule has 8 nitrogen and oxygen atoms in total. The molecule has 3 amide bonds. The van der Waals surface area contributed by atoms with Gasteiger partial charge < -0.3 is 20.1 Å². The van der Waals surface area contributed by atoms with Crippen molar-refractivity contribution in [3.8, 4) is 0 Å². The molecular weight excluding hydrogens is 520 g/mol. The molecule has 3 heterocycles. The molecule has 196 valence electrons. The number of piperazine rings is 1. The lowest BCUT2D eigenvalue weighted by Gasteiger charge is -2.36. The van der Waals surface area contributed by atoms with Gasteiger partial charge in [0.25, 0.3) is 5.91 Å². The average Bonchev–Trinajstić information content (AvgIpc) is 3.64. The lowest BCUT2D eigenvalue weighted by Crippen LogP contribution is -2.48. The van der Waals surface area contributed by atoms with Gasteiger partial charge in [-0.2, -0.15) is 0 Å². The van der Waals surface area contributed by atoms with Crippen molar-refractivity contribution in [2.24, 2.45) is 0 Å². The van der Waals surface area contributed by atoms with Gasteiger partial charge in [0.1, 0.15) is 0 Å². The van der Waals surface area contributed by atoms with Crippen LogP contribution in [0.25, 0.3) is 0 Å². The molecule has 10 heteroatoms. The quantitative estimate of drug-likeness (QED) is 0.323. The number of nitrogens with one attached hydrogen (secondary N) is 2. The fourth-order valence-corrected chi connectivity index (χ4v) is 5.48. The summed E-state index contributed by atoms with van der Waals surface area (Å²) in [6.07, 6.45) is 4.10. The van der Waals surface area contributed by atoms with E-state index < -0.39 is 0 Å². The third kappa shape index (κ3) is 6.35.